The van der Waals surface area contributed by atoms with Gasteiger partial charge < -0.3 is 14.4 Å². The van der Waals surface area contributed by atoms with Gasteiger partial charge in [-0.25, -0.2) is 0 Å². The lowest BCUT2D eigenvalue weighted by Crippen LogP contribution is -2.34. The highest BCUT2D eigenvalue weighted by Crippen LogP contribution is 2.26. The second kappa shape index (κ2) is 9.60. The van der Waals surface area contributed by atoms with Gasteiger partial charge in [0, 0.05) is 23.9 Å². The third kappa shape index (κ3) is 4.92. The molecule has 3 aromatic carbocycles. The number of benzene rings is 3. The van der Waals surface area contributed by atoms with E-state index in [0.717, 1.165) is 17.7 Å². The van der Waals surface area contributed by atoms with E-state index in [9.17, 15) is 4.79 Å². The number of hydrogen-bond acceptors (Lipinski definition) is 3. The first-order valence-electron chi connectivity index (χ1n) is 9.31. The first-order chi connectivity index (χ1) is 13.7. The van der Waals surface area contributed by atoms with Crippen LogP contribution in [0.25, 0.3) is 0 Å². The molecule has 0 saturated heterocycles. The fraction of sp³-hybridized carbons (Fsp3) is 0.208. The highest BCUT2D eigenvalue weighted by molar-refractivity contribution is 5.95. The zero-order chi connectivity index (χ0) is 19.8. The molecule has 0 aliphatic rings. The Kier molecular flexibility index (Phi) is 6.68. The molecule has 4 heteroatoms. The summed E-state index contributed by atoms with van der Waals surface area (Å²) in [4.78, 5) is 15.0. The Morgan fingerprint density at radius 2 is 1.54 bits per heavy atom. The zero-order valence-corrected chi connectivity index (χ0v) is 16.3. The third-order valence-corrected chi connectivity index (χ3v) is 4.67. The average molecular weight is 375 g/mol. The van der Waals surface area contributed by atoms with Gasteiger partial charge in [-0.3, -0.25) is 4.79 Å². The molecule has 0 heterocycles. The number of nitrogens with zero attached hydrogens (tertiary/aromatic N) is 1. The van der Waals surface area contributed by atoms with Gasteiger partial charge in [-0.15, -0.1) is 0 Å². The quantitative estimate of drug-likeness (QED) is 0.581. The molecule has 0 aliphatic carbocycles. The third-order valence-electron chi connectivity index (χ3n) is 4.67. The van der Waals surface area contributed by atoms with Gasteiger partial charge >= 0.3 is 0 Å². The summed E-state index contributed by atoms with van der Waals surface area (Å²) in [5, 5.41) is 0. The molecule has 1 amide bonds. The van der Waals surface area contributed by atoms with Crippen molar-refractivity contribution < 1.29 is 14.3 Å². The van der Waals surface area contributed by atoms with Crippen LogP contribution in [0.4, 0.5) is 5.69 Å². The van der Waals surface area contributed by atoms with E-state index in [1.807, 2.05) is 65.6 Å². The van der Waals surface area contributed by atoms with Crippen LogP contribution in [-0.2, 0) is 17.6 Å². The number of hydrogen-bond donors (Lipinski definition) is 0. The number of para-hydroxylation sites is 1. The molecule has 0 radical (unpaired) electrons. The van der Waals surface area contributed by atoms with Crippen LogP contribution in [0.2, 0.25) is 0 Å². The molecule has 3 rings (SSSR count). The molecule has 0 unspecified atom stereocenters. The lowest BCUT2D eigenvalue weighted by atomic mass is 10.1. The summed E-state index contributed by atoms with van der Waals surface area (Å²) in [5.74, 6) is 1.39. The smallest absolute Gasteiger partial charge is 0.231 e. The molecule has 28 heavy (non-hydrogen) atoms. The molecular weight excluding hydrogens is 350 g/mol. The lowest BCUT2D eigenvalue weighted by molar-refractivity contribution is -0.118. The van der Waals surface area contributed by atoms with Gasteiger partial charge in [0.2, 0.25) is 5.91 Å². The Morgan fingerprint density at radius 1 is 0.857 bits per heavy atom. The van der Waals surface area contributed by atoms with Crippen LogP contribution in [0.3, 0.4) is 0 Å². The van der Waals surface area contributed by atoms with Crippen molar-refractivity contribution >= 4 is 11.6 Å². The normalized spacial score (nSPS) is 10.4. The van der Waals surface area contributed by atoms with Crippen LogP contribution in [0, 0.1) is 0 Å². The van der Waals surface area contributed by atoms with Crippen LogP contribution in [0.15, 0.2) is 78.9 Å². The molecule has 144 valence electrons. The highest BCUT2D eigenvalue weighted by atomic mass is 16.5. The van der Waals surface area contributed by atoms with Crippen LogP contribution < -0.4 is 14.4 Å². The largest absolute Gasteiger partial charge is 0.497 e. The van der Waals surface area contributed by atoms with E-state index in [0.29, 0.717) is 18.0 Å². The summed E-state index contributed by atoms with van der Waals surface area (Å²) in [7, 11) is 3.22. The van der Waals surface area contributed by atoms with E-state index in [4.69, 9.17) is 9.47 Å². The number of ether oxygens (including phenoxy) is 2. The van der Waals surface area contributed by atoms with Crippen molar-refractivity contribution in [2.75, 3.05) is 25.7 Å². The number of methoxy groups -OCH3 is 2. The molecule has 0 fully saturated rings. The van der Waals surface area contributed by atoms with Crippen molar-refractivity contribution in [2.45, 2.75) is 12.8 Å². The van der Waals surface area contributed by atoms with Crippen LogP contribution in [0.1, 0.15) is 11.1 Å². The number of rotatable bonds is 8. The van der Waals surface area contributed by atoms with Crippen LogP contribution in [-0.4, -0.2) is 26.7 Å². The Bertz CT molecular complexity index is 894. The molecule has 0 saturated carbocycles. The minimum atomic E-state index is 0.0330. The van der Waals surface area contributed by atoms with E-state index < -0.39 is 0 Å². The second-order valence-electron chi connectivity index (χ2n) is 6.47. The molecule has 0 bridgehead atoms. The van der Waals surface area contributed by atoms with Crippen molar-refractivity contribution in [2.24, 2.45) is 0 Å². The Morgan fingerprint density at radius 3 is 2.18 bits per heavy atom. The first-order valence-corrected chi connectivity index (χ1v) is 9.31. The number of carbonyl (C=O) groups excluding carboxylic acids is 1. The summed E-state index contributed by atoms with van der Waals surface area (Å²) in [6.07, 6.45) is 1.05. The van der Waals surface area contributed by atoms with Crippen molar-refractivity contribution in [3.05, 3.63) is 90.0 Å². The van der Waals surface area contributed by atoms with Gasteiger partial charge in [0.15, 0.2) is 0 Å². The van der Waals surface area contributed by atoms with E-state index in [-0.39, 0.29) is 12.3 Å². The SMILES string of the molecule is COc1ccc(CC(=O)N(CCc2ccccc2)c2ccccc2)c(OC)c1. The maximum Gasteiger partial charge on any atom is 0.231 e. The molecular formula is C24H25NO3. The highest BCUT2D eigenvalue weighted by Gasteiger charge is 2.18. The Hall–Kier alpha value is -3.27. The maximum absolute atomic E-state index is 13.2. The van der Waals surface area contributed by atoms with E-state index >= 15 is 0 Å². The predicted molar refractivity (Wildman–Crippen MR) is 112 cm³/mol. The molecule has 4 nitrogen and oxygen atoms in total. The van der Waals surface area contributed by atoms with Gasteiger partial charge in [-0.2, -0.15) is 0 Å². The Balaban J connectivity index is 1.80. The van der Waals surface area contributed by atoms with Gasteiger partial charge in [-0.1, -0.05) is 54.6 Å². The molecule has 0 spiro atoms. The van der Waals surface area contributed by atoms with Gasteiger partial charge in [0.1, 0.15) is 11.5 Å². The van der Waals surface area contributed by atoms with E-state index in [2.05, 4.69) is 12.1 Å². The second-order valence-corrected chi connectivity index (χ2v) is 6.47. The molecule has 0 N–H and O–H groups in total. The van der Waals surface area contributed by atoms with E-state index in [1.165, 1.54) is 5.56 Å². The zero-order valence-electron chi connectivity index (χ0n) is 16.3. The van der Waals surface area contributed by atoms with Crippen LogP contribution in [0.5, 0.6) is 11.5 Å². The molecule has 0 aromatic heterocycles. The fourth-order valence-electron chi connectivity index (χ4n) is 3.15. The van der Waals surface area contributed by atoms with Crippen molar-refractivity contribution in [1.29, 1.82) is 0 Å². The number of anilines is 1. The Labute approximate surface area is 166 Å². The summed E-state index contributed by atoms with van der Waals surface area (Å²) in [6.45, 7) is 0.616. The number of amides is 1. The summed E-state index contributed by atoms with van der Waals surface area (Å²) in [5.41, 5.74) is 2.95. The summed E-state index contributed by atoms with van der Waals surface area (Å²) in [6, 6.07) is 25.5. The van der Waals surface area contributed by atoms with E-state index in [1.54, 1.807) is 20.3 Å². The molecule has 0 atom stereocenters. The fourth-order valence-corrected chi connectivity index (χ4v) is 3.15. The average Bonchev–Trinajstić information content (AvgIpc) is 2.75. The maximum atomic E-state index is 13.2. The minimum absolute atomic E-state index is 0.0330. The van der Waals surface area contributed by atoms with Crippen molar-refractivity contribution in [3.8, 4) is 11.5 Å². The monoisotopic (exact) mass is 375 g/mol. The molecule has 3 aromatic rings. The first kappa shape index (κ1) is 19.5. The topological polar surface area (TPSA) is 38.8 Å². The lowest BCUT2D eigenvalue weighted by Gasteiger charge is -2.23. The summed E-state index contributed by atoms with van der Waals surface area (Å²) >= 11 is 0. The molecule has 0 aliphatic heterocycles. The standard InChI is InChI=1S/C24H25NO3/c1-27-22-14-13-20(23(18-22)28-2)17-24(26)25(21-11-7-4-8-12-21)16-15-19-9-5-3-6-10-19/h3-14,18H,15-17H2,1-2H3. The van der Waals surface area contributed by atoms with Crippen molar-refractivity contribution in [1.82, 2.24) is 0 Å². The van der Waals surface area contributed by atoms with Crippen LogP contribution >= 0.6 is 0 Å². The van der Waals surface area contributed by atoms with Crippen molar-refractivity contribution in [3.63, 3.8) is 0 Å². The van der Waals surface area contributed by atoms with Gasteiger partial charge in [0.25, 0.3) is 0 Å². The minimum Gasteiger partial charge on any atom is -0.497 e. The van der Waals surface area contributed by atoms with Gasteiger partial charge in [-0.05, 0) is 30.2 Å². The van der Waals surface area contributed by atoms with Gasteiger partial charge in [0.05, 0.1) is 20.6 Å². The predicted octanol–water partition coefficient (Wildman–Crippen LogP) is 4.52. The summed E-state index contributed by atoms with van der Waals surface area (Å²) < 4.78 is 10.7. The number of carbonyl (C=O) groups is 1.